The van der Waals surface area contributed by atoms with Crippen LogP contribution in [0.3, 0.4) is 0 Å². The van der Waals surface area contributed by atoms with Gasteiger partial charge in [0.05, 0.1) is 12.4 Å². The average Bonchev–Trinajstić information content (AvgIpc) is 2.75. The predicted octanol–water partition coefficient (Wildman–Crippen LogP) is 3.81. The van der Waals surface area contributed by atoms with Crippen LogP contribution in [-0.4, -0.2) is 47.0 Å². The molecule has 0 bridgehead atoms. The maximum atomic E-state index is 12.8. The van der Waals surface area contributed by atoms with E-state index in [0.29, 0.717) is 11.6 Å². The van der Waals surface area contributed by atoms with E-state index >= 15 is 0 Å². The molecule has 1 aromatic heterocycles. The lowest BCUT2D eigenvalue weighted by molar-refractivity contribution is 0.0684. The Morgan fingerprint density at radius 2 is 1.68 bits per heavy atom. The molecule has 0 atom stereocenters. The summed E-state index contributed by atoms with van der Waals surface area (Å²) in [5.41, 5.74) is 1.86. The van der Waals surface area contributed by atoms with E-state index in [-0.39, 0.29) is 5.91 Å². The number of likely N-dealkylation sites (tertiary alicyclic amines) is 1. The first-order valence-electron chi connectivity index (χ1n) is 10.6. The molecule has 2 aliphatic heterocycles. The Balaban J connectivity index is 1.30. The molecule has 0 unspecified atom stereocenters. The molecule has 2 fully saturated rings. The Labute approximate surface area is 167 Å². The molecule has 0 N–H and O–H groups in total. The molecule has 1 aromatic carbocycles. The molecule has 2 saturated heterocycles. The van der Waals surface area contributed by atoms with E-state index < -0.39 is 0 Å². The molecule has 1 amide bonds. The van der Waals surface area contributed by atoms with Gasteiger partial charge < -0.3 is 9.80 Å². The molecule has 2 aromatic rings. The molecular formula is C23H30N4O. The summed E-state index contributed by atoms with van der Waals surface area (Å²) in [6, 6.07) is 10.6. The second-order valence-electron chi connectivity index (χ2n) is 8.35. The number of amides is 1. The van der Waals surface area contributed by atoms with Crippen LogP contribution in [-0.2, 0) is 6.42 Å². The van der Waals surface area contributed by atoms with Crippen molar-refractivity contribution in [1.29, 1.82) is 0 Å². The lowest BCUT2D eigenvalue weighted by Gasteiger charge is -2.32. The molecule has 0 saturated carbocycles. The minimum absolute atomic E-state index is 0.0180. The van der Waals surface area contributed by atoms with Crippen molar-refractivity contribution < 1.29 is 4.79 Å². The highest BCUT2D eigenvalue weighted by molar-refractivity contribution is 5.92. The van der Waals surface area contributed by atoms with E-state index in [1.54, 1.807) is 12.4 Å². The summed E-state index contributed by atoms with van der Waals surface area (Å²) in [4.78, 5) is 26.0. The third-order valence-corrected chi connectivity index (χ3v) is 6.23. The third kappa shape index (κ3) is 4.51. The van der Waals surface area contributed by atoms with Crippen LogP contribution in [0, 0.1) is 11.8 Å². The summed E-state index contributed by atoms with van der Waals surface area (Å²) in [5.74, 6) is 2.35. The van der Waals surface area contributed by atoms with Crippen molar-refractivity contribution >= 4 is 11.7 Å². The minimum atomic E-state index is 0.0180. The van der Waals surface area contributed by atoms with Crippen LogP contribution in [0.4, 0.5) is 5.82 Å². The van der Waals surface area contributed by atoms with Crippen LogP contribution >= 0.6 is 0 Å². The second-order valence-corrected chi connectivity index (χ2v) is 8.35. The van der Waals surface area contributed by atoms with E-state index in [4.69, 9.17) is 0 Å². The Kier molecular flexibility index (Phi) is 5.89. The Morgan fingerprint density at radius 3 is 2.32 bits per heavy atom. The standard InChI is InChI=1S/C23H30N4O/c1-18-7-11-26(12-8-18)22-17-24-21(16-25-22)23(28)27-13-9-20(10-14-27)15-19-5-3-2-4-6-19/h2-6,16-18,20H,7-15H2,1H3. The number of rotatable bonds is 4. The fraction of sp³-hybridized carbons (Fsp3) is 0.522. The minimum Gasteiger partial charge on any atom is -0.355 e. The third-order valence-electron chi connectivity index (χ3n) is 6.23. The predicted molar refractivity (Wildman–Crippen MR) is 111 cm³/mol. The number of piperidine rings is 2. The van der Waals surface area contributed by atoms with Crippen LogP contribution in [0.15, 0.2) is 42.7 Å². The van der Waals surface area contributed by atoms with Gasteiger partial charge in [-0.1, -0.05) is 37.3 Å². The lowest BCUT2D eigenvalue weighted by atomic mass is 9.90. The summed E-state index contributed by atoms with van der Waals surface area (Å²) in [5, 5.41) is 0. The monoisotopic (exact) mass is 378 g/mol. The van der Waals surface area contributed by atoms with Crippen LogP contribution in [0.25, 0.3) is 0 Å². The summed E-state index contributed by atoms with van der Waals surface area (Å²) in [6.07, 6.45) is 9.03. The number of aromatic nitrogens is 2. The van der Waals surface area contributed by atoms with Crippen LogP contribution < -0.4 is 4.90 Å². The van der Waals surface area contributed by atoms with Crippen molar-refractivity contribution in [2.45, 2.75) is 39.0 Å². The Hall–Kier alpha value is -2.43. The molecule has 0 aliphatic carbocycles. The SMILES string of the molecule is CC1CCN(c2cnc(C(=O)N3CCC(Cc4ccccc4)CC3)cn2)CC1. The first-order chi connectivity index (χ1) is 13.7. The molecular weight excluding hydrogens is 348 g/mol. The van der Waals surface area contributed by atoms with Gasteiger partial charge in [-0.05, 0) is 49.5 Å². The normalized spacial score (nSPS) is 19.0. The molecule has 28 heavy (non-hydrogen) atoms. The molecule has 148 valence electrons. The lowest BCUT2D eigenvalue weighted by Crippen LogP contribution is -2.39. The van der Waals surface area contributed by atoms with Crippen molar-refractivity contribution in [1.82, 2.24) is 14.9 Å². The van der Waals surface area contributed by atoms with Gasteiger partial charge in [-0.3, -0.25) is 4.79 Å². The van der Waals surface area contributed by atoms with E-state index in [0.717, 1.165) is 57.2 Å². The largest absolute Gasteiger partial charge is 0.355 e. The van der Waals surface area contributed by atoms with Crippen molar-refractivity contribution in [3.63, 3.8) is 0 Å². The molecule has 0 spiro atoms. The zero-order valence-electron chi connectivity index (χ0n) is 16.8. The van der Waals surface area contributed by atoms with E-state index in [9.17, 15) is 4.79 Å². The van der Waals surface area contributed by atoms with Crippen molar-refractivity contribution in [3.8, 4) is 0 Å². The molecule has 5 nitrogen and oxygen atoms in total. The molecule has 5 heteroatoms. The van der Waals surface area contributed by atoms with Crippen molar-refractivity contribution in [2.75, 3.05) is 31.1 Å². The maximum absolute atomic E-state index is 12.8. The van der Waals surface area contributed by atoms with Gasteiger partial charge in [0, 0.05) is 26.2 Å². The second kappa shape index (κ2) is 8.72. The zero-order valence-corrected chi connectivity index (χ0v) is 16.8. The number of hydrogen-bond donors (Lipinski definition) is 0. The number of carbonyl (C=O) groups is 1. The molecule has 0 radical (unpaired) electrons. The van der Waals surface area contributed by atoms with Gasteiger partial charge in [-0.25, -0.2) is 9.97 Å². The van der Waals surface area contributed by atoms with E-state index in [1.807, 2.05) is 4.90 Å². The molecule has 4 rings (SSSR count). The zero-order chi connectivity index (χ0) is 19.3. The highest BCUT2D eigenvalue weighted by Gasteiger charge is 2.25. The number of nitrogens with zero attached hydrogens (tertiary/aromatic N) is 4. The van der Waals surface area contributed by atoms with Crippen LogP contribution in [0.1, 0.15) is 48.7 Å². The maximum Gasteiger partial charge on any atom is 0.274 e. The van der Waals surface area contributed by atoms with E-state index in [1.165, 1.54) is 18.4 Å². The quantitative estimate of drug-likeness (QED) is 0.812. The Bertz CT molecular complexity index is 761. The van der Waals surface area contributed by atoms with Gasteiger partial charge >= 0.3 is 0 Å². The highest BCUT2D eigenvalue weighted by atomic mass is 16.2. The number of anilines is 1. The molecule has 2 aliphatic rings. The summed E-state index contributed by atoms with van der Waals surface area (Å²) < 4.78 is 0. The summed E-state index contributed by atoms with van der Waals surface area (Å²) in [6.45, 7) is 5.97. The fourth-order valence-electron chi connectivity index (χ4n) is 4.28. The topological polar surface area (TPSA) is 49.3 Å². The number of benzene rings is 1. The first-order valence-corrected chi connectivity index (χ1v) is 10.6. The molecule has 3 heterocycles. The summed E-state index contributed by atoms with van der Waals surface area (Å²) in [7, 11) is 0. The summed E-state index contributed by atoms with van der Waals surface area (Å²) >= 11 is 0. The highest BCUT2D eigenvalue weighted by Crippen LogP contribution is 2.23. The van der Waals surface area contributed by atoms with Crippen LogP contribution in [0.2, 0.25) is 0 Å². The van der Waals surface area contributed by atoms with Gasteiger partial charge in [0.25, 0.3) is 5.91 Å². The van der Waals surface area contributed by atoms with Crippen molar-refractivity contribution in [2.24, 2.45) is 11.8 Å². The van der Waals surface area contributed by atoms with Crippen LogP contribution in [0.5, 0.6) is 0 Å². The average molecular weight is 379 g/mol. The van der Waals surface area contributed by atoms with E-state index in [2.05, 4.69) is 52.1 Å². The Morgan fingerprint density at radius 1 is 0.964 bits per heavy atom. The first kappa shape index (κ1) is 18.9. The number of carbonyl (C=O) groups excluding carboxylic acids is 1. The van der Waals surface area contributed by atoms with Gasteiger partial charge in [0.1, 0.15) is 11.5 Å². The van der Waals surface area contributed by atoms with Crippen molar-refractivity contribution in [3.05, 3.63) is 54.0 Å². The van der Waals surface area contributed by atoms with Gasteiger partial charge in [0.2, 0.25) is 0 Å². The van der Waals surface area contributed by atoms with Gasteiger partial charge in [0.15, 0.2) is 0 Å². The number of hydrogen-bond acceptors (Lipinski definition) is 4. The smallest absolute Gasteiger partial charge is 0.274 e. The van der Waals surface area contributed by atoms with Gasteiger partial charge in [-0.15, -0.1) is 0 Å². The van der Waals surface area contributed by atoms with Gasteiger partial charge in [-0.2, -0.15) is 0 Å². The fourth-order valence-corrected chi connectivity index (χ4v) is 4.28.